The van der Waals surface area contributed by atoms with Gasteiger partial charge in [-0.2, -0.15) is 5.10 Å². The summed E-state index contributed by atoms with van der Waals surface area (Å²) in [6, 6.07) is 8.72. The molecule has 3 aromatic rings. The molecule has 2 unspecified atom stereocenters. The van der Waals surface area contributed by atoms with E-state index in [9.17, 15) is 5.11 Å². The molecule has 2 aliphatic carbocycles. The zero-order chi connectivity index (χ0) is 20.2. The van der Waals surface area contributed by atoms with E-state index in [0.29, 0.717) is 17.9 Å². The normalized spacial score (nSPS) is 20.4. The lowest BCUT2D eigenvalue weighted by Gasteiger charge is -2.27. The van der Waals surface area contributed by atoms with Gasteiger partial charge in [0.15, 0.2) is 5.82 Å². The average Bonchev–Trinajstić information content (AvgIpc) is 3.58. The summed E-state index contributed by atoms with van der Waals surface area (Å²) in [6.07, 6.45) is 7.19. The number of nitrogens with zero attached hydrogens (tertiary/aromatic N) is 5. The number of anilines is 1. The molecule has 2 atom stereocenters. The molecule has 2 heterocycles. The van der Waals surface area contributed by atoms with Gasteiger partial charge < -0.3 is 10.0 Å². The number of aliphatic hydroxyl groups excluding tert-OH is 1. The van der Waals surface area contributed by atoms with Crippen LogP contribution in [0.25, 0.3) is 16.7 Å². The first-order valence-electron chi connectivity index (χ1n) is 10.7. The van der Waals surface area contributed by atoms with Gasteiger partial charge in [-0.1, -0.05) is 26.0 Å². The summed E-state index contributed by atoms with van der Waals surface area (Å²) in [7, 11) is 0. The molecule has 2 saturated carbocycles. The standard InChI is InChI=1S/C23H29N5O/c1-15(2)12-27(13-16(3)29)21-9-22(25-14-24-21)28-20-8-17(4-5-18(20)11-26-28)19-10-23(19)6-7-23/h4-5,8-9,11,14-16,19,29H,6-7,10,12-13H2,1-3H3. The predicted molar refractivity (Wildman–Crippen MR) is 114 cm³/mol. The minimum Gasteiger partial charge on any atom is -0.392 e. The Balaban J connectivity index is 1.49. The van der Waals surface area contributed by atoms with Crippen molar-refractivity contribution in [1.29, 1.82) is 0 Å². The Morgan fingerprint density at radius 3 is 2.69 bits per heavy atom. The maximum atomic E-state index is 9.92. The van der Waals surface area contributed by atoms with Gasteiger partial charge in [-0.3, -0.25) is 0 Å². The lowest BCUT2D eigenvalue weighted by Crippen LogP contribution is -2.34. The fourth-order valence-corrected chi connectivity index (χ4v) is 4.61. The third-order valence-electron chi connectivity index (χ3n) is 6.33. The summed E-state index contributed by atoms with van der Waals surface area (Å²) in [6.45, 7) is 7.52. The van der Waals surface area contributed by atoms with Crippen molar-refractivity contribution >= 4 is 16.7 Å². The van der Waals surface area contributed by atoms with E-state index in [4.69, 9.17) is 0 Å². The zero-order valence-electron chi connectivity index (χ0n) is 17.4. The van der Waals surface area contributed by atoms with E-state index in [1.165, 1.54) is 24.8 Å². The highest BCUT2D eigenvalue weighted by Crippen LogP contribution is 2.75. The van der Waals surface area contributed by atoms with Crippen LogP contribution >= 0.6 is 0 Å². The number of hydrogen-bond donors (Lipinski definition) is 1. The lowest BCUT2D eigenvalue weighted by molar-refractivity contribution is 0.198. The number of benzene rings is 1. The molecular formula is C23H29N5O. The monoisotopic (exact) mass is 391 g/mol. The molecular weight excluding hydrogens is 362 g/mol. The summed E-state index contributed by atoms with van der Waals surface area (Å²) in [5, 5.41) is 15.7. The van der Waals surface area contributed by atoms with Crippen LogP contribution in [0.3, 0.4) is 0 Å². The third-order valence-corrected chi connectivity index (χ3v) is 6.33. The minimum absolute atomic E-state index is 0.423. The summed E-state index contributed by atoms with van der Waals surface area (Å²) >= 11 is 0. The first kappa shape index (κ1) is 18.6. The van der Waals surface area contributed by atoms with Gasteiger partial charge in [-0.05, 0) is 55.1 Å². The predicted octanol–water partition coefficient (Wildman–Crippen LogP) is 3.93. The van der Waals surface area contributed by atoms with Gasteiger partial charge in [0.1, 0.15) is 12.1 Å². The number of hydrogen-bond acceptors (Lipinski definition) is 5. The van der Waals surface area contributed by atoms with Gasteiger partial charge in [0.25, 0.3) is 0 Å². The fourth-order valence-electron chi connectivity index (χ4n) is 4.61. The first-order chi connectivity index (χ1) is 13.9. The van der Waals surface area contributed by atoms with Crippen molar-refractivity contribution in [2.45, 2.75) is 52.1 Å². The molecule has 0 aliphatic heterocycles. The summed E-state index contributed by atoms with van der Waals surface area (Å²) < 4.78 is 1.92. The SMILES string of the molecule is CC(C)CN(CC(C)O)c1cc(-n2ncc3ccc(C4CC45CC5)cc32)ncn1. The van der Waals surface area contributed by atoms with Crippen LogP contribution in [-0.2, 0) is 0 Å². The smallest absolute Gasteiger partial charge is 0.159 e. The Morgan fingerprint density at radius 1 is 1.17 bits per heavy atom. The maximum absolute atomic E-state index is 9.92. The number of rotatable bonds is 7. The summed E-state index contributed by atoms with van der Waals surface area (Å²) in [5.74, 6) is 2.78. The van der Waals surface area contributed by atoms with Crippen molar-refractivity contribution in [3.05, 3.63) is 42.4 Å². The number of fused-ring (bicyclic) bond motifs is 1. The van der Waals surface area contributed by atoms with Crippen molar-refractivity contribution in [3.8, 4) is 5.82 Å². The molecule has 2 fully saturated rings. The highest BCUT2D eigenvalue weighted by molar-refractivity contribution is 5.81. The fraction of sp³-hybridized carbons (Fsp3) is 0.522. The molecule has 0 amide bonds. The quantitative estimate of drug-likeness (QED) is 0.661. The van der Waals surface area contributed by atoms with E-state index in [1.54, 1.807) is 6.33 Å². The Hall–Kier alpha value is -2.47. The van der Waals surface area contributed by atoms with E-state index in [1.807, 2.05) is 23.9 Å². The van der Waals surface area contributed by atoms with Crippen LogP contribution in [-0.4, -0.2) is 44.0 Å². The number of aliphatic hydroxyl groups is 1. The second-order valence-electron chi connectivity index (χ2n) is 9.38. The van der Waals surface area contributed by atoms with Gasteiger partial charge in [0, 0.05) is 24.5 Å². The molecule has 1 spiro atoms. The second kappa shape index (κ2) is 6.80. The summed E-state index contributed by atoms with van der Waals surface area (Å²) in [4.78, 5) is 11.1. The molecule has 0 radical (unpaired) electrons. The molecule has 29 heavy (non-hydrogen) atoms. The Kier molecular flexibility index (Phi) is 4.35. The van der Waals surface area contributed by atoms with Crippen LogP contribution in [0, 0.1) is 11.3 Å². The van der Waals surface area contributed by atoms with Crippen molar-refractivity contribution < 1.29 is 5.11 Å². The molecule has 1 aromatic carbocycles. The molecule has 6 heteroatoms. The lowest BCUT2D eigenvalue weighted by atomic mass is 10.1. The second-order valence-corrected chi connectivity index (χ2v) is 9.38. The van der Waals surface area contributed by atoms with Gasteiger partial charge >= 0.3 is 0 Å². The maximum Gasteiger partial charge on any atom is 0.159 e. The third kappa shape index (κ3) is 3.50. The molecule has 0 bridgehead atoms. The van der Waals surface area contributed by atoms with Crippen molar-refractivity contribution in [1.82, 2.24) is 19.7 Å². The minimum atomic E-state index is -0.423. The van der Waals surface area contributed by atoms with Crippen LogP contribution in [0.4, 0.5) is 5.82 Å². The van der Waals surface area contributed by atoms with E-state index in [0.717, 1.165) is 35.0 Å². The molecule has 5 rings (SSSR count). The highest BCUT2D eigenvalue weighted by atomic mass is 16.3. The van der Waals surface area contributed by atoms with Crippen LogP contribution in [0.1, 0.15) is 51.5 Å². The van der Waals surface area contributed by atoms with Crippen LogP contribution < -0.4 is 4.90 Å². The van der Waals surface area contributed by atoms with E-state index in [-0.39, 0.29) is 0 Å². The van der Waals surface area contributed by atoms with E-state index < -0.39 is 6.10 Å². The van der Waals surface area contributed by atoms with Crippen molar-refractivity contribution in [2.75, 3.05) is 18.0 Å². The summed E-state index contributed by atoms with van der Waals surface area (Å²) in [5.41, 5.74) is 3.17. The molecule has 1 N–H and O–H groups in total. The Labute approximate surface area is 171 Å². The molecule has 2 aliphatic rings. The zero-order valence-corrected chi connectivity index (χ0v) is 17.4. The molecule has 0 saturated heterocycles. The van der Waals surface area contributed by atoms with Crippen LogP contribution in [0.15, 0.2) is 36.8 Å². The molecule has 152 valence electrons. The largest absolute Gasteiger partial charge is 0.392 e. The van der Waals surface area contributed by atoms with Crippen molar-refractivity contribution in [2.24, 2.45) is 11.3 Å². The van der Waals surface area contributed by atoms with E-state index in [2.05, 4.69) is 52.0 Å². The molecule has 2 aromatic heterocycles. The average molecular weight is 392 g/mol. The van der Waals surface area contributed by atoms with Gasteiger partial charge in [0.05, 0.1) is 17.8 Å². The van der Waals surface area contributed by atoms with Crippen LogP contribution in [0.5, 0.6) is 0 Å². The van der Waals surface area contributed by atoms with Gasteiger partial charge in [-0.25, -0.2) is 14.6 Å². The van der Waals surface area contributed by atoms with E-state index >= 15 is 0 Å². The topological polar surface area (TPSA) is 67.1 Å². The van der Waals surface area contributed by atoms with Gasteiger partial charge in [0.2, 0.25) is 0 Å². The first-order valence-corrected chi connectivity index (χ1v) is 10.7. The highest BCUT2D eigenvalue weighted by Gasteiger charge is 2.62. The Morgan fingerprint density at radius 2 is 2.00 bits per heavy atom. The van der Waals surface area contributed by atoms with Gasteiger partial charge in [-0.15, -0.1) is 0 Å². The van der Waals surface area contributed by atoms with Crippen molar-refractivity contribution in [3.63, 3.8) is 0 Å². The molecule has 6 nitrogen and oxygen atoms in total. The number of aromatic nitrogens is 4. The Bertz CT molecular complexity index is 1030. The van der Waals surface area contributed by atoms with Crippen LogP contribution in [0.2, 0.25) is 0 Å².